The van der Waals surface area contributed by atoms with Gasteiger partial charge in [0.05, 0.1) is 30.7 Å². The first kappa shape index (κ1) is 13.4. The monoisotopic (exact) mass is 261 g/mol. The Morgan fingerprint density at radius 1 is 1.32 bits per heavy atom. The summed E-state index contributed by atoms with van der Waals surface area (Å²) < 4.78 is 18.3. The number of pyridine rings is 2. The fourth-order valence-electron chi connectivity index (χ4n) is 1.65. The molecule has 2 rings (SSSR count). The average Bonchev–Trinajstić information content (AvgIpc) is 2.45. The molecule has 2 aromatic rings. The highest BCUT2D eigenvalue weighted by atomic mass is 19.1. The summed E-state index contributed by atoms with van der Waals surface area (Å²) >= 11 is 0. The molecule has 0 aliphatic heterocycles. The normalized spacial score (nSPS) is 12.2. The van der Waals surface area contributed by atoms with Crippen molar-refractivity contribution in [2.45, 2.75) is 19.4 Å². The fourth-order valence-corrected chi connectivity index (χ4v) is 1.65. The minimum atomic E-state index is -0.446. The minimum absolute atomic E-state index is 0.380. The Hall–Kier alpha value is -2.01. The zero-order valence-electron chi connectivity index (χ0n) is 10.7. The van der Waals surface area contributed by atoms with Crippen molar-refractivity contribution < 1.29 is 9.13 Å². The van der Waals surface area contributed by atoms with Crippen molar-refractivity contribution in [3.05, 3.63) is 53.9 Å². The largest absolute Gasteiger partial charge is 0.492 e. The summed E-state index contributed by atoms with van der Waals surface area (Å²) in [6.45, 7) is 2.67. The van der Waals surface area contributed by atoms with E-state index in [1.165, 1.54) is 6.07 Å². The van der Waals surface area contributed by atoms with Gasteiger partial charge in [0, 0.05) is 6.20 Å². The molecule has 4 nitrogen and oxygen atoms in total. The molecular weight excluding hydrogens is 245 g/mol. The number of halogens is 1. The van der Waals surface area contributed by atoms with E-state index in [0.717, 1.165) is 18.2 Å². The quantitative estimate of drug-likeness (QED) is 0.898. The Morgan fingerprint density at radius 3 is 2.84 bits per heavy atom. The summed E-state index contributed by atoms with van der Waals surface area (Å²) in [5, 5.41) is 0. The van der Waals surface area contributed by atoms with E-state index >= 15 is 0 Å². The molecule has 0 spiro atoms. The first-order valence-electron chi connectivity index (χ1n) is 6.15. The van der Waals surface area contributed by atoms with Crippen LogP contribution < -0.4 is 10.5 Å². The molecule has 100 valence electrons. The highest BCUT2D eigenvalue weighted by Crippen LogP contribution is 2.21. The van der Waals surface area contributed by atoms with Crippen LogP contribution in [0.3, 0.4) is 0 Å². The lowest BCUT2D eigenvalue weighted by atomic mass is 10.1. The molecular formula is C14H16FN3O. The number of nitrogens with two attached hydrogens (primary N) is 1. The number of nitrogens with zero attached hydrogens (tertiary/aromatic N) is 2. The van der Waals surface area contributed by atoms with Crippen LogP contribution in [0, 0.1) is 5.82 Å². The van der Waals surface area contributed by atoms with Gasteiger partial charge < -0.3 is 10.5 Å². The van der Waals surface area contributed by atoms with Crippen LogP contribution in [0.2, 0.25) is 0 Å². The van der Waals surface area contributed by atoms with Crippen LogP contribution in [0.1, 0.15) is 30.6 Å². The summed E-state index contributed by atoms with van der Waals surface area (Å²) in [6, 6.07) is 4.30. The summed E-state index contributed by atoms with van der Waals surface area (Å²) in [5.41, 5.74) is 7.46. The first-order chi connectivity index (χ1) is 9.20. The maximum atomic E-state index is 12.8. The van der Waals surface area contributed by atoms with Crippen LogP contribution in [0.4, 0.5) is 4.39 Å². The Bertz CT molecular complexity index is 530. The van der Waals surface area contributed by atoms with Gasteiger partial charge in [0.1, 0.15) is 11.6 Å². The van der Waals surface area contributed by atoms with Crippen LogP contribution >= 0.6 is 0 Å². The van der Waals surface area contributed by atoms with Gasteiger partial charge >= 0.3 is 0 Å². The lowest BCUT2D eigenvalue weighted by molar-refractivity contribution is 0.315. The van der Waals surface area contributed by atoms with Crippen molar-refractivity contribution in [1.82, 2.24) is 9.97 Å². The molecule has 0 saturated carbocycles. The van der Waals surface area contributed by atoms with Crippen molar-refractivity contribution in [3.8, 4) is 5.75 Å². The highest BCUT2D eigenvalue weighted by molar-refractivity contribution is 5.30. The van der Waals surface area contributed by atoms with Gasteiger partial charge in [-0.05, 0) is 30.2 Å². The molecule has 1 atom stereocenters. The molecule has 2 heterocycles. The second-order valence-corrected chi connectivity index (χ2v) is 4.18. The maximum Gasteiger partial charge on any atom is 0.141 e. The van der Waals surface area contributed by atoms with Crippen LogP contribution in [0.25, 0.3) is 0 Å². The van der Waals surface area contributed by atoms with E-state index in [0.29, 0.717) is 18.1 Å². The van der Waals surface area contributed by atoms with E-state index in [2.05, 4.69) is 9.97 Å². The van der Waals surface area contributed by atoms with Gasteiger partial charge in [-0.15, -0.1) is 0 Å². The molecule has 0 saturated heterocycles. The van der Waals surface area contributed by atoms with Crippen molar-refractivity contribution in [1.29, 1.82) is 0 Å². The van der Waals surface area contributed by atoms with E-state index in [9.17, 15) is 4.39 Å². The van der Waals surface area contributed by atoms with Gasteiger partial charge in [-0.2, -0.15) is 0 Å². The lowest BCUT2D eigenvalue weighted by Crippen LogP contribution is -2.14. The van der Waals surface area contributed by atoms with E-state index in [-0.39, 0.29) is 5.82 Å². The average molecular weight is 261 g/mol. The number of hydrogen-bond acceptors (Lipinski definition) is 4. The predicted octanol–water partition coefficient (Wildman–Crippen LogP) is 2.45. The second-order valence-electron chi connectivity index (χ2n) is 4.18. The van der Waals surface area contributed by atoms with Crippen molar-refractivity contribution in [3.63, 3.8) is 0 Å². The maximum absolute atomic E-state index is 12.8. The SMILES string of the molecule is CCCOc1cncc(C(N)c2ccc(F)cn2)c1. The number of ether oxygens (including phenoxy) is 1. The second kappa shape index (κ2) is 6.24. The number of hydrogen-bond donors (Lipinski definition) is 1. The third kappa shape index (κ3) is 3.48. The van der Waals surface area contributed by atoms with E-state index in [4.69, 9.17) is 10.5 Å². The Labute approximate surface area is 111 Å². The molecule has 0 amide bonds. The van der Waals surface area contributed by atoms with Crippen LogP contribution in [-0.4, -0.2) is 16.6 Å². The third-order valence-electron chi connectivity index (χ3n) is 2.64. The van der Waals surface area contributed by atoms with Crippen molar-refractivity contribution in [2.24, 2.45) is 5.73 Å². The smallest absolute Gasteiger partial charge is 0.141 e. The Balaban J connectivity index is 2.18. The molecule has 0 aliphatic rings. The van der Waals surface area contributed by atoms with Crippen LogP contribution in [0.5, 0.6) is 5.75 Å². The molecule has 0 aliphatic carbocycles. The first-order valence-corrected chi connectivity index (χ1v) is 6.15. The standard InChI is InChI=1S/C14H16FN3O/c1-2-5-19-12-6-10(7-17-9-12)14(16)13-4-3-11(15)8-18-13/h3-4,6-9,14H,2,5,16H2,1H3. The van der Waals surface area contributed by atoms with Crippen LogP contribution in [0.15, 0.2) is 36.8 Å². The minimum Gasteiger partial charge on any atom is -0.492 e. The lowest BCUT2D eigenvalue weighted by Gasteiger charge is -2.12. The third-order valence-corrected chi connectivity index (χ3v) is 2.64. The van der Waals surface area contributed by atoms with Gasteiger partial charge in [0.25, 0.3) is 0 Å². The highest BCUT2D eigenvalue weighted by Gasteiger charge is 2.11. The van der Waals surface area contributed by atoms with Crippen LogP contribution in [-0.2, 0) is 0 Å². The molecule has 1 unspecified atom stereocenters. The van der Waals surface area contributed by atoms with E-state index < -0.39 is 6.04 Å². The number of aromatic nitrogens is 2. The zero-order chi connectivity index (χ0) is 13.7. The Morgan fingerprint density at radius 2 is 2.16 bits per heavy atom. The van der Waals surface area contributed by atoms with Crippen molar-refractivity contribution >= 4 is 0 Å². The molecule has 0 aromatic carbocycles. The number of rotatable bonds is 5. The summed E-state index contributed by atoms with van der Waals surface area (Å²) in [4.78, 5) is 8.07. The summed E-state index contributed by atoms with van der Waals surface area (Å²) in [6.07, 6.45) is 5.38. The fraction of sp³-hybridized carbons (Fsp3) is 0.286. The molecule has 0 bridgehead atoms. The molecule has 0 radical (unpaired) electrons. The topological polar surface area (TPSA) is 61.0 Å². The van der Waals surface area contributed by atoms with Gasteiger partial charge in [-0.3, -0.25) is 9.97 Å². The molecule has 2 aromatic heterocycles. The van der Waals surface area contributed by atoms with Crippen molar-refractivity contribution in [2.75, 3.05) is 6.61 Å². The Kier molecular flexibility index (Phi) is 4.41. The molecule has 0 fully saturated rings. The van der Waals surface area contributed by atoms with Gasteiger partial charge in [-0.25, -0.2) is 4.39 Å². The predicted molar refractivity (Wildman–Crippen MR) is 70.2 cm³/mol. The zero-order valence-corrected chi connectivity index (χ0v) is 10.7. The summed E-state index contributed by atoms with van der Waals surface area (Å²) in [5.74, 6) is 0.297. The van der Waals surface area contributed by atoms with E-state index in [1.54, 1.807) is 18.5 Å². The van der Waals surface area contributed by atoms with Gasteiger partial charge in [0.2, 0.25) is 0 Å². The van der Waals surface area contributed by atoms with Gasteiger partial charge in [-0.1, -0.05) is 6.92 Å². The molecule has 5 heteroatoms. The summed E-state index contributed by atoms with van der Waals surface area (Å²) in [7, 11) is 0. The molecule has 19 heavy (non-hydrogen) atoms. The van der Waals surface area contributed by atoms with Gasteiger partial charge in [0.15, 0.2) is 0 Å². The molecule has 2 N–H and O–H groups in total. The van der Waals surface area contributed by atoms with E-state index in [1.807, 2.05) is 13.0 Å².